The third kappa shape index (κ3) is 4.55. The zero-order valence-electron chi connectivity index (χ0n) is 15.3. The van der Waals surface area contributed by atoms with Crippen LogP contribution in [0, 0.1) is 5.92 Å². The Hall–Kier alpha value is -1.51. The van der Waals surface area contributed by atoms with Crippen LogP contribution in [0.1, 0.15) is 19.3 Å². The van der Waals surface area contributed by atoms with Crippen molar-refractivity contribution in [1.29, 1.82) is 0 Å². The second kappa shape index (κ2) is 7.72. The minimum Gasteiger partial charge on any atom is -0.311 e. The number of rotatable bonds is 8. The summed E-state index contributed by atoms with van der Waals surface area (Å²) in [5.41, 5.74) is 2.40. The zero-order chi connectivity index (χ0) is 19.9. The molecule has 0 aromatic heterocycles. The molecule has 4 aliphatic heterocycles. The number of piperidine rings is 1. The summed E-state index contributed by atoms with van der Waals surface area (Å²) in [6.45, 7) is 4.88. The summed E-state index contributed by atoms with van der Waals surface area (Å²) in [6.07, 6.45) is 1.71. The Morgan fingerprint density at radius 2 is 2.11 bits per heavy atom. The summed E-state index contributed by atoms with van der Waals surface area (Å²) in [5, 5.41) is 4.00. The number of nitrogens with zero attached hydrogens (tertiary/aromatic N) is 3. The van der Waals surface area contributed by atoms with Gasteiger partial charge in [0.2, 0.25) is 0 Å². The van der Waals surface area contributed by atoms with Gasteiger partial charge in [0, 0.05) is 32.2 Å². The highest BCUT2D eigenvalue weighted by atomic mass is 32.3. The molecule has 4 rings (SSSR count). The molecule has 0 radical (unpaired) electrons. The topological polar surface area (TPSA) is 141 Å². The van der Waals surface area contributed by atoms with E-state index in [0.717, 1.165) is 19.5 Å². The molecule has 2 unspecified atom stereocenters. The first kappa shape index (κ1) is 19.8. The van der Waals surface area contributed by atoms with Crippen LogP contribution in [0.2, 0.25) is 0 Å². The highest BCUT2D eigenvalue weighted by Gasteiger charge is 2.49. The van der Waals surface area contributed by atoms with Crippen molar-refractivity contribution in [3.05, 3.63) is 0 Å². The molecule has 0 aromatic rings. The van der Waals surface area contributed by atoms with Crippen molar-refractivity contribution >= 4 is 22.3 Å². The summed E-state index contributed by atoms with van der Waals surface area (Å²) in [4.78, 5) is 33.7. The Morgan fingerprint density at radius 1 is 1.32 bits per heavy atom. The van der Waals surface area contributed by atoms with Crippen molar-refractivity contribution < 1.29 is 31.7 Å². The molecule has 28 heavy (non-hydrogen) atoms. The fourth-order valence-electron chi connectivity index (χ4n) is 4.17. The van der Waals surface area contributed by atoms with Gasteiger partial charge < -0.3 is 15.1 Å². The average molecular weight is 419 g/mol. The number of hydrogen-bond donors (Lipinski definition) is 3. The monoisotopic (exact) mass is 419 g/mol. The zero-order valence-corrected chi connectivity index (χ0v) is 16.1. The number of carbonyl (C=O) groups excluding carboxylic acids is 2. The van der Waals surface area contributed by atoms with E-state index in [1.165, 1.54) is 18.0 Å². The standard InChI is InChI=1S/C15H25N5O7S/c21-14(17-26-9-11-5-10(6-16-11)7-18-3-4-18)13-2-1-12-8-19(13)15(22)20(12)27-28(23,24)25/h10-13,16H,1-9H2,(H,17,21)(H,23,24,25)/t10-,11-,12?,13?/m1/s1. The number of amides is 3. The van der Waals surface area contributed by atoms with Gasteiger partial charge in [-0.1, -0.05) is 0 Å². The lowest BCUT2D eigenvalue weighted by Crippen LogP contribution is -2.50. The van der Waals surface area contributed by atoms with Gasteiger partial charge in [-0.3, -0.25) is 14.2 Å². The number of hydroxylamine groups is 3. The fourth-order valence-corrected chi connectivity index (χ4v) is 4.56. The number of urea groups is 1. The van der Waals surface area contributed by atoms with E-state index < -0.39 is 34.4 Å². The van der Waals surface area contributed by atoms with Crippen LogP contribution in [-0.2, 0) is 24.3 Å². The summed E-state index contributed by atoms with van der Waals surface area (Å²) in [5.74, 6) is 0.136. The van der Waals surface area contributed by atoms with E-state index in [0.29, 0.717) is 30.4 Å². The molecule has 2 bridgehead atoms. The van der Waals surface area contributed by atoms with Crippen LogP contribution < -0.4 is 10.8 Å². The molecule has 0 saturated carbocycles. The molecule has 4 atom stereocenters. The molecular weight excluding hydrogens is 394 g/mol. The van der Waals surface area contributed by atoms with Crippen molar-refractivity contribution in [2.45, 2.75) is 37.4 Å². The number of hydrogen-bond acceptors (Lipinski definition) is 8. The molecule has 13 heteroatoms. The predicted octanol–water partition coefficient (Wildman–Crippen LogP) is -1.67. The van der Waals surface area contributed by atoms with Gasteiger partial charge in [-0.25, -0.2) is 10.3 Å². The molecule has 0 aromatic carbocycles. The van der Waals surface area contributed by atoms with Crippen molar-refractivity contribution in [2.24, 2.45) is 5.92 Å². The molecule has 158 valence electrons. The predicted molar refractivity (Wildman–Crippen MR) is 93.8 cm³/mol. The lowest BCUT2D eigenvalue weighted by Gasteiger charge is -2.29. The van der Waals surface area contributed by atoms with Gasteiger partial charge in [0.1, 0.15) is 6.04 Å². The van der Waals surface area contributed by atoms with Crippen LogP contribution in [0.5, 0.6) is 0 Å². The number of fused-ring (bicyclic) bond motifs is 2. The maximum absolute atomic E-state index is 12.4. The lowest BCUT2D eigenvalue weighted by molar-refractivity contribution is -0.139. The first-order valence-corrected chi connectivity index (χ1v) is 10.8. The minimum absolute atomic E-state index is 0.148. The van der Waals surface area contributed by atoms with E-state index in [1.807, 2.05) is 0 Å². The van der Waals surface area contributed by atoms with Gasteiger partial charge in [-0.05, 0) is 31.7 Å². The normalized spacial score (nSPS) is 32.8. The van der Waals surface area contributed by atoms with Gasteiger partial charge in [-0.15, -0.1) is 4.28 Å². The molecule has 0 aliphatic carbocycles. The molecule has 0 spiro atoms. The van der Waals surface area contributed by atoms with E-state index in [2.05, 4.69) is 20.0 Å². The maximum Gasteiger partial charge on any atom is 0.418 e. The lowest BCUT2D eigenvalue weighted by atomic mass is 10.0. The summed E-state index contributed by atoms with van der Waals surface area (Å²) >= 11 is 0. The summed E-state index contributed by atoms with van der Waals surface area (Å²) < 4.78 is 35.0. The second-order valence-corrected chi connectivity index (χ2v) is 8.80. The molecule has 12 nitrogen and oxygen atoms in total. The van der Waals surface area contributed by atoms with Gasteiger partial charge >= 0.3 is 16.4 Å². The third-order valence-electron chi connectivity index (χ3n) is 5.63. The van der Waals surface area contributed by atoms with E-state index in [-0.39, 0.29) is 12.6 Å². The quantitative estimate of drug-likeness (QED) is 0.239. The van der Waals surface area contributed by atoms with Gasteiger partial charge in [0.25, 0.3) is 5.91 Å². The summed E-state index contributed by atoms with van der Waals surface area (Å²) in [7, 11) is -4.81. The van der Waals surface area contributed by atoms with Crippen molar-refractivity contribution in [1.82, 2.24) is 25.7 Å². The van der Waals surface area contributed by atoms with Crippen LogP contribution in [0.15, 0.2) is 0 Å². The minimum atomic E-state index is -4.81. The van der Waals surface area contributed by atoms with E-state index in [9.17, 15) is 18.0 Å². The van der Waals surface area contributed by atoms with Crippen LogP contribution in [0.3, 0.4) is 0 Å². The Kier molecular flexibility index (Phi) is 5.46. The Bertz CT molecular complexity index is 730. The van der Waals surface area contributed by atoms with E-state index >= 15 is 0 Å². The van der Waals surface area contributed by atoms with Crippen LogP contribution in [0.4, 0.5) is 4.79 Å². The van der Waals surface area contributed by atoms with Crippen LogP contribution >= 0.6 is 0 Å². The molecule has 3 amide bonds. The van der Waals surface area contributed by atoms with E-state index in [4.69, 9.17) is 9.39 Å². The SMILES string of the molecule is O=C(NOC[C@H]1C[C@@H](CN2CC2)CN1)C1CCC2CN1C(=O)N2OS(=O)(=O)O. The Balaban J connectivity index is 1.22. The van der Waals surface area contributed by atoms with Crippen LogP contribution in [-0.4, -0.2) is 97.2 Å². The molecule has 4 fully saturated rings. The first-order chi connectivity index (χ1) is 13.3. The first-order valence-electron chi connectivity index (χ1n) is 9.44. The van der Waals surface area contributed by atoms with Gasteiger partial charge in [0.05, 0.1) is 12.6 Å². The third-order valence-corrected chi connectivity index (χ3v) is 5.98. The van der Waals surface area contributed by atoms with E-state index in [1.54, 1.807) is 0 Å². The smallest absolute Gasteiger partial charge is 0.311 e. The molecular formula is C15H25N5O7S. The highest BCUT2D eigenvalue weighted by Crippen LogP contribution is 2.30. The molecule has 4 heterocycles. The molecule has 3 N–H and O–H groups in total. The highest BCUT2D eigenvalue weighted by molar-refractivity contribution is 7.80. The Morgan fingerprint density at radius 3 is 2.82 bits per heavy atom. The maximum atomic E-state index is 12.4. The average Bonchev–Trinajstić information content (AvgIpc) is 3.29. The molecule has 4 aliphatic rings. The largest absolute Gasteiger partial charge is 0.418 e. The number of carbonyl (C=O) groups is 2. The van der Waals surface area contributed by atoms with Gasteiger partial charge in [-0.2, -0.15) is 13.5 Å². The summed E-state index contributed by atoms with van der Waals surface area (Å²) in [6, 6.07) is -1.89. The van der Waals surface area contributed by atoms with Gasteiger partial charge in [0.15, 0.2) is 0 Å². The second-order valence-electron chi connectivity index (χ2n) is 7.79. The fraction of sp³-hybridized carbons (Fsp3) is 0.867. The van der Waals surface area contributed by atoms with Crippen molar-refractivity contribution in [2.75, 3.05) is 39.3 Å². The molecule has 4 saturated heterocycles. The van der Waals surface area contributed by atoms with Crippen molar-refractivity contribution in [3.8, 4) is 0 Å². The number of nitrogens with one attached hydrogen (secondary N) is 2. The van der Waals surface area contributed by atoms with Crippen molar-refractivity contribution in [3.63, 3.8) is 0 Å². The van der Waals surface area contributed by atoms with Crippen LogP contribution in [0.25, 0.3) is 0 Å². The Labute approximate surface area is 163 Å².